The van der Waals surface area contributed by atoms with E-state index in [2.05, 4.69) is 34.7 Å². The van der Waals surface area contributed by atoms with Gasteiger partial charge in [-0.25, -0.2) is 0 Å². The fraction of sp³-hybridized carbons (Fsp3) is 0.429. The zero-order chi connectivity index (χ0) is 24.5. The molecule has 2 aromatic rings. The van der Waals surface area contributed by atoms with E-state index in [4.69, 9.17) is 0 Å². The van der Waals surface area contributed by atoms with Gasteiger partial charge in [-0.15, -0.1) is 0 Å². The van der Waals surface area contributed by atoms with Crippen LogP contribution in [-0.2, 0) is 9.59 Å². The van der Waals surface area contributed by atoms with Crippen LogP contribution in [0.15, 0.2) is 64.6 Å². The minimum atomic E-state index is -0.622. The zero-order valence-corrected chi connectivity index (χ0v) is 21.8. The summed E-state index contributed by atoms with van der Waals surface area (Å²) in [6, 6.07) is 16.0. The predicted octanol–water partition coefficient (Wildman–Crippen LogP) is 6.16. The monoisotopic (exact) mass is 526 g/mol. The third kappa shape index (κ3) is 6.36. The van der Waals surface area contributed by atoms with Crippen molar-refractivity contribution in [2.75, 3.05) is 26.2 Å². The van der Waals surface area contributed by atoms with E-state index >= 15 is 0 Å². The first-order valence-corrected chi connectivity index (χ1v) is 13.1. The summed E-state index contributed by atoms with van der Waals surface area (Å²) < 4.78 is 0.875. The molecule has 6 heteroatoms. The molecule has 1 atom stereocenters. The SMILES string of the molecule is CCCCN(CCCC)CCCN1C(=O)C(=O)C(=C(O)c2ccc(Br)cc2)[C@H]1c1ccccc1. The summed E-state index contributed by atoms with van der Waals surface area (Å²) in [4.78, 5) is 30.4. The Labute approximate surface area is 211 Å². The van der Waals surface area contributed by atoms with Crippen LogP contribution in [0.25, 0.3) is 5.76 Å². The Morgan fingerprint density at radius 3 is 2.09 bits per heavy atom. The van der Waals surface area contributed by atoms with Crippen LogP contribution in [-0.4, -0.2) is 52.8 Å². The quantitative estimate of drug-likeness (QED) is 0.204. The van der Waals surface area contributed by atoms with Crippen LogP contribution < -0.4 is 0 Å². The third-order valence-electron chi connectivity index (χ3n) is 6.30. The molecule has 182 valence electrons. The molecule has 2 aromatic carbocycles. The van der Waals surface area contributed by atoms with Crippen molar-refractivity contribution in [2.24, 2.45) is 0 Å². The first-order valence-electron chi connectivity index (χ1n) is 12.3. The number of unbranched alkanes of at least 4 members (excludes halogenated alkanes) is 2. The molecule has 0 radical (unpaired) electrons. The van der Waals surface area contributed by atoms with Crippen molar-refractivity contribution in [1.29, 1.82) is 0 Å². The van der Waals surface area contributed by atoms with Gasteiger partial charge in [-0.3, -0.25) is 9.59 Å². The van der Waals surface area contributed by atoms with Crippen LogP contribution in [0.5, 0.6) is 0 Å². The largest absolute Gasteiger partial charge is 0.507 e. The van der Waals surface area contributed by atoms with Gasteiger partial charge in [-0.2, -0.15) is 0 Å². The maximum absolute atomic E-state index is 13.1. The number of aliphatic hydroxyl groups is 1. The Hall–Kier alpha value is -2.44. The molecule has 34 heavy (non-hydrogen) atoms. The molecule has 1 heterocycles. The highest BCUT2D eigenvalue weighted by Crippen LogP contribution is 2.39. The second kappa shape index (κ2) is 12.9. The molecule has 1 aliphatic heterocycles. The lowest BCUT2D eigenvalue weighted by Gasteiger charge is -2.27. The second-order valence-corrected chi connectivity index (χ2v) is 9.73. The number of nitrogens with zero attached hydrogens (tertiary/aromatic N) is 2. The van der Waals surface area contributed by atoms with Crippen molar-refractivity contribution in [1.82, 2.24) is 9.80 Å². The number of ketones is 1. The van der Waals surface area contributed by atoms with Gasteiger partial charge in [0.1, 0.15) is 5.76 Å². The molecule has 1 aliphatic rings. The van der Waals surface area contributed by atoms with Crippen molar-refractivity contribution in [3.05, 3.63) is 75.8 Å². The van der Waals surface area contributed by atoms with Crippen molar-refractivity contribution in [3.63, 3.8) is 0 Å². The lowest BCUT2D eigenvalue weighted by molar-refractivity contribution is -0.140. The van der Waals surface area contributed by atoms with E-state index in [1.807, 2.05) is 42.5 Å². The van der Waals surface area contributed by atoms with E-state index in [0.717, 1.165) is 61.8 Å². The second-order valence-electron chi connectivity index (χ2n) is 8.81. The number of carbonyl (C=O) groups is 2. The number of hydrogen-bond donors (Lipinski definition) is 1. The van der Waals surface area contributed by atoms with Gasteiger partial charge < -0.3 is 14.9 Å². The Bertz CT molecular complexity index is 980. The molecule has 0 unspecified atom stereocenters. The molecule has 3 rings (SSSR count). The summed E-state index contributed by atoms with van der Waals surface area (Å²) in [5.41, 5.74) is 1.51. The molecule has 1 amide bonds. The topological polar surface area (TPSA) is 60.9 Å². The minimum Gasteiger partial charge on any atom is -0.507 e. The van der Waals surface area contributed by atoms with E-state index in [9.17, 15) is 14.7 Å². The summed E-state index contributed by atoms with van der Waals surface area (Å²) in [6.45, 7) is 7.86. The molecule has 0 aliphatic carbocycles. The number of halogens is 1. The molecular weight excluding hydrogens is 492 g/mol. The van der Waals surface area contributed by atoms with Crippen LogP contribution in [0.4, 0.5) is 0 Å². The molecule has 0 aromatic heterocycles. The number of hydrogen-bond acceptors (Lipinski definition) is 4. The number of benzene rings is 2. The summed E-state index contributed by atoms with van der Waals surface area (Å²) >= 11 is 3.40. The Kier molecular flexibility index (Phi) is 9.90. The molecule has 0 spiro atoms. The molecule has 1 fully saturated rings. The van der Waals surface area contributed by atoms with Gasteiger partial charge in [0, 0.05) is 16.6 Å². The number of likely N-dealkylation sites (tertiary alicyclic amines) is 1. The third-order valence-corrected chi connectivity index (χ3v) is 6.83. The van der Waals surface area contributed by atoms with Gasteiger partial charge >= 0.3 is 0 Å². The lowest BCUT2D eigenvalue weighted by atomic mass is 9.95. The number of Topliss-reactive ketones (excluding diaryl/α,β-unsaturated/α-hetero) is 1. The minimum absolute atomic E-state index is 0.130. The maximum atomic E-state index is 13.1. The van der Waals surface area contributed by atoms with Gasteiger partial charge in [0.25, 0.3) is 11.7 Å². The molecule has 0 bridgehead atoms. The summed E-state index contributed by atoms with van der Waals surface area (Å²) in [5.74, 6) is -1.29. The first-order chi connectivity index (χ1) is 16.5. The zero-order valence-electron chi connectivity index (χ0n) is 20.2. The van der Waals surface area contributed by atoms with Crippen LogP contribution >= 0.6 is 15.9 Å². The van der Waals surface area contributed by atoms with Gasteiger partial charge in [0.05, 0.1) is 11.6 Å². The van der Waals surface area contributed by atoms with Gasteiger partial charge in [0.2, 0.25) is 0 Å². The Morgan fingerprint density at radius 2 is 1.50 bits per heavy atom. The first kappa shape index (κ1) is 26.2. The summed E-state index contributed by atoms with van der Waals surface area (Å²) in [5, 5.41) is 11.1. The number of aliphatic hydroxyl groups excluding tert-OH is 1. The van der Waals surface area contributed by atoms with Crippen LogP contribution in [0.1, 0.15) is 63.1 Å². The van der Waals surface area contributed by atoms with Gasteiger partial charge in [-0.1, -0.05) is 85.1 Å². The van der Waals surface area contributed by atoms with Crippen molar-refractivity contribution >= 4 is 33.4 Å². The van der Waals surface area contributed by atoms with E-state index in [-0.39, 0.29) is 11.3 Å². The van der Waals surface area contributed by atoms with E-state index < -0.39 is 17.7 Å². The Morgan fingerprint density at radius 1 is 0.912 bits per heavy atom. The fourth-order valence-electron chi connectivity index (χ4n) is 4.42. The molecule has 1 N–H and O–H groups in total. The highest BCUT2D eigenvalue weighted by atomic mass is 79.9. The van der Waals surface area contributed by atoms with E-state index in [1.165, 1.54) is 0 Å². The summed E-state index contributed by atoms with van der Waals surface area (Å²) in [6.07, 6.45) is 5.40. The van der Waals surface area contributed by atoms with Gasteiger partial charge in [0.15, 0.2) is 0 Å². The van der Waals surface area contributed by atoms with Crippen molar-refractivity contribution < 1.29 is 14.7 Å². The van der Waals surface area contributed by atoms with E-state index in [0.29, 0.717) is 12.1 Å². The van der Waals surface area contributed by atoms with Crippen molar-refractivity contribution in [2.45, 2.75) is 52.0 Å². The standard InChI is InChI=1S/C28H35BrN2O3/c1-3-5-17-30(18-6-4-2)19-10-20-31-25(21-11-8-7-9-12-21)24(27(33)28(31)34)26(32)22-13-15-23(29)16-14-22/h7-9,11-16,25,32H,3-6,10,17-20H2,1-2H3/t25-/m1/s1. The predicted molar refractivity (Wildman–Crippen MR) is 140 cm³/mol. The van der Waals surface area contributed by atoms with Crippen LogP contribution in [0.2, 0.25) is 0 Å². The van der Waals surface area contributed by atoms with Gasteiger partial charge in [-0.05, 0) is 56.6 Å². The highest BCUT2D eigenvalue weighted by molar-refractivity contribution is 9.10. The fourth-order valence-corrected chi connectivity index (χ4v) is 4.68. The maximum Gasteiger partial charge on any atom is 0.295 e. The average Bonchev–Trinajstić information content (AvgIpc) is 3.11. The molecule has 0 saturated carbocycles. The Balaban J connectivity index is 1.87. The number of rotatable bonds is 12. The number of amides is 1. The smallest absolute Gasteiger partial charge is 0.295 e. The van der Waals surface area contributed by atoms with Crippen LogP contribution in [0, 0.1) is 0 Å². The van der Waals surface area contributed by atoms with Crippen molar-refractivity contribution in [3.8, 4) is 0 Å². The van der Waals surface area contributed by atoms with Crippen LogP contribution in [0.3, 0.4) is 0 Å². The highest BCUT2D eigenvalue weighted by Gasteiger charge is 2.45. The molecular formula is C28H35BrN2O3. The normalized spacial score (nSPS) is 17.6. The lowest BCUT2D eigenvalue weighted by Crippen LogP contribution is -2.34. The molecule has 1 saturated heterocycles. The number of carbonyl (C=O) groups excluding carboxylic acids is 2. The van der Waals surface area contributed by atoms with E-state index in [1.54, 1.807) is 17.0 Å². The summed E-state index contributed by atoms with van der Waals surface area (Å²) in [7, 11) is 0. The average molecular weight is 528 g/mol. The molecule has 5 nitrogen and oxygen atoms in total.